The first kappa shape index (κ1) is 13.5. The number of nitrogens with zero attached hydrogens (tertiary/aromatic N) is 2. The van der Waals surface area contributed by atoms with E-state index < -0.39 is 0 Å². The van der Waals surface area contributed by atoms with Gasteiger partial charge in [0.25, 0.3) is 5.91 Å². The van der Waals surface area contributed by atoms with Crippen LogP contribution in [0.2, 0.25) is 0 Å². The maximum absolute atomic E-state index is 12.4. The Morgan fingerprint density at radius 1 is 1.53 bits per heavy atom. The lowest BCUT2D eigenvalue weighted by Crippen LogP contribution is -2.37. The van der Waals surface area contributed by atoms with Crippen molar-refractivity contribution in [2.24, 2.45) is 0 Å². The molecule has 4 heteroatoms. The number of carbonyl (C=O) groups is 1. The van der Waals surface area contributed by atoms with E-state index in [9.17, 15) is 4.79 Å². The highest BCUT2D eigenvalue weighted by Crippen LogP contribution is 2.15. The van der Waals surface area contributed by atoms with Gasteiger partial charge in [0.2, 0.25) is 0 Å². The Morgan fingerprint density at radius 3 is 2.76 bits per heavy atom. The number of pyridine rings is 1. The largest absolute Gasteiger partial charge is 0.372 e. The quantitative estimate of drug-likeness (QED) is 0.852. The molecule has 0 spiro atoms. The first-order chi connectivity index (χ1) is 8.11. The maximum atomic E-state index is 12.4. The monoisotopic (exact) mass is 235 g/mol. The molecule has 1 aromatic rings. The molecule has 0 unspecified atom stereocenters. The SMILES string of the molecule is CCCN(C(=O)c1cccnc1NC)C(C)C. The highest BCUT2D eigenvalue weighted by Gasteiger charge is 2.20. The second-order valence-electron chi connectivity index (χ2n) is 4.24. The Morgan fingerprint density at radius 2 is 2.24 bits per heavy atom. The summed E-state index contributed by atoms with van der Waals surface area (Å²) in [4.78, 5) is 18.4. The second kappa shape index (κ2) is 6.23. The summed E-state index contributed by atoms with van der Waals surface area (Å²) in [5.74, 6) is 0.679. The molecule has 1 amide bonds. The highest BCUT2D eigenvalue weighted by molar-refractivity contribution is 5.98. The third-order valence-electron chi connectivity index (χ3n) is 2.62. The van der Waals surface area contributed by atoms with Crippen molar-refractivity contribution in [3.05, 3.63) is 23.9 Å². The molecule has 1 aromatic heterocycles. The molecule has 0 atom stereocenters. The fourth-order valence-electron chi connectivity index (χ4n) is 1.77. The van der Waals surface area contributed by atoms with Gasteiger partial charge in [0, 0.05) is 25.8 Å². The molecule has 0 aromatic carbocycles. The highest BCUT2D eigenvalue weighted by atomic mass is 16.2. The topological polar surface area (TPSA) is 45.2 Å². The molecule has 0 bridgehead atoms. The summed E-state index contributed by atoms with van der Waals surface area (Å²) in [5.41, 5.74) is 0.636. The average Bonchev–Trinajstić information content (AvgIpc) is 2.34. The Balaban J connectivity index is 3.00. The Kier molecular flexibility index (Phi) is 4.94. The van der Waals surface area contributed by atoms with Gasteiger partial charge in [-0.1, -0.05) is 6.92 Å². The van der Waals surface area contributed by atoms with E-state index in [2.05, 4.69) is 17.2 Å². The molecule has 17 heavy (non-hydrogen) atoms. The molecule has 0 saturated carbocycles. The van der Waals surface area contributed by atoms with Crippen LogP contribution in [0.1, 0.15) is 37.6 Å². The van der Waals surface area contributed by atoms with Gasteiger partial charge in [-0.3, -0.25) is 4.79 Å². The number of anilines is 1. The van der Waals surface area contributed by atoms with Crippen molar-refractivity contribution in [2.45, 2.75) is 33.2 Å². The van der Waals surface area contributed by atoms with Crippen LogP contribution < -0.4 is 5.32 Å². The molecule has 0 aliphatic heterocycles. The van der Waals surface area contributed by atoms with E-state index in [-0.39, 0.29) is 11.9 Å². The van der Waals surface area contributed by atoms with Crippen molar-refractivity contribution in [3.8, 4) is 0 Å². The third kappa shape index (κ3) is 3.19. The third-order valence-corrected chi connectivity index (χ3v) is 2.62. The minimum absolute atomic E-state index is 0.0410. The van der Waals surface area contributed by atoms with Crippen LogP contribution >= 0.6 is 0 Å². The molecule has 4 nitrogen and oxygen atoms in total. The van der Waals surface area contributed by atoms with Crippen LogP contribution in [-0.4, -0.2) is 35.4 Å². The Hall–Kier alpha value is -1.58. The summed E-state index contributed by atoms with van der Waals surface area (Å²) >= 11 is 0. The number of carbonyl (C=O) groups excluding carboxylic acids is 1. The lowest BCUT2D eigenvalue weighted by atomic mass is 10.2. The predicted molar refractivity (Wildman–Crippen MR) is 70.2 cm³/mol. The van der Waals surface area contributed by atoms with Gasteiger partial charge in [-0.25, -0.2) is 4.98 Å². The molecule has 1 heterocycles. The first-order valence-corrected chi connectivity index (χ1v) is 6.05. The lowest BCUT2D eigenvalue weighted by molar-refractivity contribution is 0.0706. The molecule has 0 radical (unpaired) electrons. The summed E-state index contributed by atoms with van der Waals surface area (Å²) in [6.45, 7) is 6.91. The second-order valence-corrected chi connectivity index (χ2v) is 4.24. The molecule has 0 saturated heterocycles. The van der Waals surface area contributed by atoms with Gasteiger partial charge in [-0.2, -0.15) is 0 Å². The van der Waals surface area contributed by atoms with Crippen molar-refractivity contribution in [1.82, 2.24) is 9.88 Å². The van der Waals surface area contributed by atoms with Gasteiger partial charge in [-0.05, 0) is 32.4 Å². The van der Waals surface area contributed by atoms with Crippen molar-refractivity contribution in [2.75, 3.05) is 18.9 Å². The minimum atomic E-state index is 0.0410. The van der Waals surface area contributed by atoms with E-state index in [1.165, 1.54) is 0 Å². The van der Waals surface area contributed by atoms with Gasteiger partial charge in [0.05, 0.1) is 5.56 Å². The van der Waals surface area contributed by atoms with Gasteiger partial charge in [-0.15, -0.1) is 0 Å². The molecule has 1 rings (SSSR count). The zero-order chi connectivity index (χ0) is 12.8. The number of hydrogen-bond acceptors (Lipinski definition) is 3. The molecular formula is C13H21N3O. The maximum Gasteiger partial charge on any atom is 0.257 e. The Labute approximate surface area is 103 Å². The predicted octanol–water partition coefficient (Wildman–Crippen LogP) is 2.38. The van der Waals surface area contributed by atoms with E-state index in [4.69, 9.17) is 0 Å². The zero-order valence-electron chi connectivity index (χ0n) is 11.0. The number of hydrogen-bond donors (Lipinski definition) is 1. The molecular weight excluding hydrogens is 214 g/mol. The van der Waals surface area contributed by atoms with E-state index in [1.54, 1.807) is 19.3 Å². The normalized spacial score (nSPS) is 10.4. The number of aromatic nitrogens is 1. The molecule has 94 valence electrons. The van der Waals surface area contributed by atoms with Crippen molar-refractivity contribution < 1.29 is 4.79 Å². The summed E-state index contributed by atoms with van der Waals surface area (Å²) in [6, 6.07) is 3.80. The van der Waals surface area contributed by atoms with Crippen LogP contribution in [-0.2, 0) is 0 Å². The lowest BCUT2D eigenvalue weighted by Gasteiger charge is -2.26. The van der Waals surface area contributed by atoms with Gasteiger partial charge in [0.1, 0.15) is 5.82 Å². The molecule has 0 aliphatic carbocycles. The summed E-state index contributed by atoms with van der Waals surface area (Å²) in [6.07, 6.45) is 2.64. The van der Waals surface area contributed by atoms with Gasteiger partial charge in [0.15, 0.2) is 0 Å². The standard InChI is InChI=1S/C13H21N3O/c1-5-9-16(10(2)3)13(17)11-7-6-8-15-12(11)14-4/h6-8,10H,5,9H2,1-4H3,(H,14,15). The van der Waals surface area contributed by atoms with E-state index in [0.29, 0.717) is 11.4 Å². The fourth-order valence-corrected chi connectivity index (χ4v) is 1.77. The smallest absolute Gasteiger partial charge is 0.257 e. The zero-order valence-corrected chi connectivity index (χ0v) is 11.0. The van der Waals surface area contributed by atoms with E-state index >= 15 is 0 Å². The first-order valence-electron chi connectivity index (χ1n) is 6.05. The van der Waals surface area contributed by atoms with Crippen LogP contribution in [0.5, 0.6) is 0 Å². The summed E-state index contributed by atoms with van der Waals surface area (Å²) in [7, 11) is 1.78. The molecule has 0 aliphatic rings. The summed E-state index contributed by atoms with van der Waals surface area (Å²) in [5, 5.41) is 2.95. The fraction of sp³-hybridized carbons (Fsp3) is 0.538. The van der Waals surface area contributed by atoms with Crippen LogP contribution in [0, 0.1) is 0 Å². The average molecular weight is 235 g/mol. The molecule has 1 N–H and O–H groups in total. The van der Waals surface area contributed by atoms with Crippen LogP contribution in [0.4, 0.5) is 5.82 Å². The number of nitrogens with one attached hydrogen (secondary N) is 1. The van der Waals surface area contributed by atoms with Crippen LogP contribution in [0.15, 0.2) is 18.3 Å². The van der Waals surface area contributed by atoms with E-state index in [0.717, 1.165) is 13.0 Å². The minimum Gasteiger partial charge on any atom is -0.372 e. The van der Waals surface area contributed by atoms with Gasteiger partial charge >= 0.3 is 0 Å². The van der Waals surface area contributed by atoms with Gasteiger partial charge < -0.3 is 10.2 Å². The van der Waals surface area contributed by atoms with Crippen LogP contribution in [0.25, 0.3) is 0 Å². The summed E-state index contributed by atoms with van der Waals surface area (Å²) < 4.78 is 0. The van der Waals surface area contributed by atoms with E-state index in [1.807, 2.05) is 24.8 Å². The van der Waals surface area contributed by atoms with Crippen molar-refractivity contribution in [3.63, 3.8) is 0 Å². The van der Waals surface area contributed by atoms with Crippen molar-refractivity contribution in [1.29, 1.82) is 0 Å². The Bertz CT molecular complexity index is 377. The molecule has 0 fully saturated rings. The number of amides is 1. The number of rotatable bonds is 5. The van der Waals surface area contributed by atoms with Crippen LogP contribution in [0.3, 0.4) is 0 Å². The van der Waals surface area contributed by atoms with Crippen molar-refractivity contribution >= 4 is 11.7 Å².